The van der Waals surface area contributed by atoms with Gasteiger partial charge < -0.3 is 9.57 Å². The standard InChI is InChI=1S/C16H10F6NO2/c17-15(18,19)13-6-3-4-11(8-13)9-23-24-10-12-5-1-2-7-14(12)25-16(20,21)22/h1-8H,10H2. The molecular weight excluding hydrogens is 352 g/mol. The molecular formula is C16H10F6NO2. The maximum absolute atomic E-state index is 12.6. The van der Waals surface area contributed by atoms with Crippen molar-refractivity contribution < 1.29 is 35.9 Å². The molecule has 0 bridgehead atoms. The first-order valence-electron chi connectivity index (χ1n) is 6.74. The SMILES string of the molecule is FC(F)(F)Oc1ccccc1CON=[C]c1cccc(C(F)(F)F)c1. The van der Waals surface area contributed by atoms with E-state index in [4.69, 9.17) is 4.84 Å². The number of benzene rings is 2. The summed E-state index contributed by atoms with van der Waals surface area (Å²) in [6.07, 6.45) is -7.13. The van der Waals surface area contributed by atoms with Crippen LogP contribution in [-0.4, -0.2) is 12.6 Å². The molecule has 0 aliphatic heterocycles. The molecule has 25 heavy (non-hydrogen) atoms. The third-order valence-corrected chi connectivity index (χ3v) is 2.85. The number of hydrogen-bond acceptors (Lipinski definition) is 3. The molecule has 0 fully saturated rings. The number of para-hydroxylation sites is 1. The van der Waals surface area contributed by atoms with Gasteiger partial charge in [0.05, 0.1) is 5.56 Å². The Morgan fingerprint density at radius 1 is 0.920 bits per heavy atom. The molecule has 1 radical (unpaired) electrons. The maximum atomic E-state index is 12.6. The van der Waals surface area contributed by atoms with Gasteiger partial charge >= 0.3 is 12.5 Å². The van der Waals surface area contributed by atoms with Crippen molar-refractivity contribution in [2.75, 3.05) is 0 Å². The quantitative estimate of drug-likeness (QED) is 0.424. The van der Waals surface area contributed by atoms with Crippen molar-refractivity contribution in [2.45, 2.75) is 19.1 Å². The Balaban J connectivity index is 2.01. The fraction of sp³-hybridized carbons (Fsp3) is 0.188. The number of hydrogen-bond donors (Lipinski definition) is 0. The van der Waals surface area contributed by atoms with Crippen LogP contribution in [0.15, 0.2) is 53.7 Å². The van der Waals surface area contributed by atoms with Crippen LogP contribution >= 0.6 is 0 Å². The monoisotopic (exact) mass is 362 g/mol. The highest BCUT2D eigenvalue weighted by atomic mass is 19.4. The van der Waals surface area contributed by atoms with Crippen molar-refractivity contribution >= 4 is 6.21 Å². The van der Waals surface area contributed by atoms with Gasteiger partial charge in [0.25, 0.3) is 0 Å². The maximum Gasteiger partial charge on any atom is 0.573 e. The number of alkyl halides is 6. The number of halogens is 6. The predicted octanol–water partition coefficient (Wildman–Crippen LogP) is 5.03. The van der Waals surface area contributed by atoms with Gasteiger partial charge in [-0.3, -0.25) is 0 Å². The van der Waals surface area contributed by atoms with Gasteiger partial charge in [0.15, 0.2) is 0 Å². The third-order valence-electron chi connectivity index (χ3n) is 2.85. The minimum Gasteiger partial charge on any atom is -0.405 e. The summed E-state index contributed by atoms with van der Waals surface area (Å²) in [6.45, 7) is -0.377. The van der Waals surface area contributed by atoms with Gasteiger partial charge in [-0.25, -0.2) is 0 Å². The molecule has 0 aliphatic carbocycles. The average molecular weight is 362 g/mol. The van der Waals surface area contributed by atoms with Crippen molar-refractivity contribution in [3.8, 4) is 5.75 Å². The van der Waals surface area contributed by atoms with Crippen LogP contribution in [-0.2, 0) is 17.6 Å². The fourth-order valence-electron chi connectivity index (χ4n) is 1.80. The van der Waals surface area contributed by atoms with E-state index in [1.165, 1.54) is 30.3 Å². The molecule has 133 valence electrons. The van der Waals surface area contributed by atoms with Crippen molar-refractivity contribution in [3.63, 3.8) is 0 Å². The highest BCUT2D eigenvalue weighted by Gasteiger charge is 2.32. The summed E-state index contributed by atoms with van der Waals surface area (Å²) < 4.78 is 78.3. The van der Waals surface area contributed by atoms with Gasteiger partial charge in [-0.05, 0) is 18.2 Å². The number of nitrogens with zero attached hydrogens (tertiary/aromatic N) is 1. The molecule has 2 rings (SSSR count). The molecule has 0 saturated heterocycles. The van der Waals surface area contributed by atoms with Gasteiger partial charge in [0.1, 0.15) is 18.6 Å². The van der Waals surface area contributed by atoms with Crippen LogP contribution in [0.3, 0.4) is 0 Å². The van der Waals surface area contributed by atoms with Crippen LogP contribution < -0.4 is 4.74 Å². The minimum absolute atomic E-state index is 0.00894. The lowest BCUT2D eigenvalue weighted by molar-refractivity contribution is -0.275. The predicted molar refractivity (Wildman–Crippen MR) is 75.9 cm³/mol. The Labute approximate surface area is 138 Å². The molecule has 0 unspecified atom stereocenters. The lowest BCUT2D eigenvalue weighted by Gasteiger charge is -2.12. The van der Waals surface area contributed by atoms with Gasteiger partial charge in [-0.15, -0.1) is 13.2 Å². The second-order valence-electron chi connectivity index (χ2n) is 4.71. The second-order valence-corrected chi connectivity index (χ2v) is 4.71. The molecule has 0 heterocycles. The van der Waals surface area contributed by atoms with Gasteiger partial charge in [0.2, 0.25) is 0 Å². The van der Waals surface area contributed by atoms with E-state index in [0.717, 1.165) is 18.2 Å². The zero-order valence-corrected chi connectivity index (χ0v) is 12.4. The van der Waals surface area contributed by atoms with Crippen molar-refractivity contribution in [1.82, 2.24) is 0 Å². The Hall–Kier alpha value is -2.71. The van der Waals surface area contributed by atoms with Crippen LogP contribution in [0.4, 0.5) is 26.3 Å². The Bertz CT molecular complexity index is 740. The summed E-state index contributed by atoms with van der Waals surface area (Å²) in [6, 6.07) is 9.46. The van der Waals surface area contributed by atoms with Gasteiger partial charge in [-0.2, -0.15) is 13.2 Å². The summed E-state index contributed by atoms with van der Waals surface area (Å²) in [5.41, 5.74) is -0.805. The molecule has 3 nitrogen and oxygen atoms in total. The molecule has 0 aliphatic rings. The van der Waals surface area contributed by atoms with E-state index in [1.807, 2.05) is 0 Å². The van der Waals surface area contributed by atoms with Crippen LogP contribution in [0.5, 0.6) is 5.75 Å². The van der Waals surface area contributed by atoms with E-state index in [0.29, 0.717) is 0 Å². The van der Waals surface area contributed by atoms with E-state index in [-0.39, 0.29) is 17.7 Å². The first kappa shape index (κ1) is 18.6. The Kier molecular flexibility index (Phi) is 5.55. The van der Waals surface area contributed by atoms with Crippen LogP contribution in [0.2, 0.25) is 0 Å². The second kappa shape index (κ2) is 7.45. The first-order chi connectivity index (χ1) is 11.6. The first-order valence-corrected chi connectivity index (χ1v) is 6.74. The van der Waals surface area contributed by atoms with E-state index in [2.05, 4.69) is 16.1 Å². The zero-order valence-electron chi connectivity index (χ0n) is 12.4. The van der Waals surface area contributed by atoms with E-state index < -0.39 is 23.9 Å². The molecule has 9 heteroatoms. The van der Waals surface area contributed by atoms with E-state index in [1.54, 1.807) is 0 Å². The smallest absolute Gasteiger partial charge is 0.405 e. The fourth-order valence-corrected chi connectivity index (χ4v) is 1.80. The molecule has 2 aromatic rings. The van der Waals surface area contributed by atoms with Crippen molar-refractivity contribution in [3.05, 3.63) is 65.2 Å². The number of rotatable bonds is 5. The summed E-state index contributed by atoms with van der Waals surface area (Å²) in [7, 11) is 0. The molecule has 2 aromatic carbocycles. The van der Waals surface area contributed by atoms with Crippen LogP contribution in [0.1, 0.15) is 16.7 Å². The Morgan fingerprint density at radius 2 is 1.64 bits per heavy atom. The molecule has 0 N–H and O–H groups in total. The highest BCUT2D eigenvalue weighted by Crippen LogP contribution is 2.29. The Morgan fingerprint density at radius 3 is 2.32 bits per heavy atom. The summed E-state index contributed by atoms with van der Waals surface area (Å²) >= 11 is 0. The summed E-state index contributed by atoms with van der Waals surface area (Å²) in [5.74, 6) is -0.454. The molecule has 0 spiro atoms. The van der Waals surface area contributed by atoms with Gasteiger partial charge in [-0.1, -0.05) is 35.5 Å². The van der Waals surface area contributed by atoms with E-state index >= 15 is 0 Å². The third kappa shape index (κ3) is 6.02. The molecule has 0 aromatic heterocycles. The van der Waals surface area contributed by atoms with Crippen molar-refractivity contribution in [2.24, 2.45) is 5.16 Å². The summed E-state index contributed by atoms with van der Waals surface area (Å²) in [4.78, 5) is 4.79. The van der Waals surface area contributed by atoms with Crippen LogP contribution in [0, 0.1) is 0 Å². The van der Waals surface area contributed by atoms with E-state index in [9.17, 15) is 26.3 Å². The molecule has 0 atom stereocenters. The minimum atomic E-state index is -4.86. The van der Waals surface area contributed by atoms with Gasteiger partial charge in [0, 0.05) is 11.1 Å². The largest absolute Gasteiger partial charge is 0.573 e. The lowest BCUT2D eigenvalue weighted by atomic mass is 10.1. The molecule has 0 saturated carbocycles. The average Bonchev–Trinajstić information content (AvgIpc) is 2.51. The van der Waals surface area contributed by atoms with Crippen LogP contribution in [0.25, 0.3) is 0 Å². The zero-order chi connectivity index (χ0) is 18.5. The highest BCUT2D eigenvalue weighted by molar-refractivity contribution is 5.79. The topological polar surface area (TPSA) is 30.8 Å². The lowest BCUT2D eigenvalue weighted by Crippen LogP contribution is -2.18. The normalized spacial score (nSPS) is 12.4. The molecule has 0 amide bonds. The van der Waals surface area contributed by atoms with Crippen molar-refractivity contribution in [1.29, 1.82) is 0 Å². The summed E-state index contributed by atoms with van der Waals surface area (Å²) in [5, 5.41) is 3.34. The number of ether oxygens (including phenoxy) is 1.